The van der Waals surface area contributed by atoms with Crippen molar-refractivity contribution in [2.75, 3.05) is 18.1 Å². The van der Waals surface area contributed by atoms with Crippen LogP contribution in [0.5, 0.6) is 5.75 Å². The predicted octanol–water partition coefficient (Wildman–Crippen LogP) is 7.63. The number of nitrogens with two attached hydrogens (primary N) is 1. The minimum Gasteiger partial charge on any atom is -0.494 e. The smallest absolute Gasteiger partial charge is 0.175 e. The molecule has 36 heavy (non-hydrogen) atoms. The van der Waals surface area contributed by atoms with Crippen molar-refractivity contribution in [3.63, 3.8) is 0 Å². The number of rotatable bonds is 17. The summed E-state index contributed by atoms with van der Waals surface area (Å²) >= 11 is 3.43. The molecule has 7 heteroatoms. The summed E-state index contributed by atoms with van der Waals surface area (Å²) in [5, 5.41) is 21.1. The summed E-state index contributed by atoms with van der Waals surface area (Å²) in [5.41, 5.74) is 5.46. The maximum absolute atomic E-state index is 10.7. The number of nitriles is 2. The Hall–Kier alpha value is -1.83. The first kappa shape index (κ1) is 28.7. The largest absolute Gasteiger partial charge is 0.494 e. The maximum Gasteiger partial charge on any atom is 0.175 e. The minimum atomic E-state index is -1.07. The van der Waals surface area contributed by atoms with Crippen LogP contribution in [0.25, 0.3) is 0 Å². The molecular weight excluding hydrogens is 484 g/mol. The molecule has 1 aliphatic carbocycles. The van der Waals surface area contributed by atoms with Gasteiger partial charge in [-0.1, -0.05) is 77.8 Å². The van der Waals surface area contributed by atoms with Crippen molar-refractivity contribution in [3.8, 4) is 17.9 Å². The molecule has 0 radical (unpaired) electrons. The summed E-state index contributed by atoms with van der Waals surface area (Å²) in [4.78, 5) is 4.90. The molecule has 0 bridgehead atoms. The zero-order chi connectivity index (χ0) is 26.1. The van der Waals surface area contributed by atoms with Gasteiger partial charge in [0.15, 0.2) is 4.20 Å². The van der Waals surface area contributed by atoms with Gasteiger partial charge in [-0.2, -0.15) is 10.5 Å². The van der Waals surface area contributed by atoms with Crippen molar-refractivity contribution < 1.29 is 4.74 Å². The molecule has 196 valence electrons. The van der Waals surface area contributed by atoms with Gasteiger partial charge in [0.2, 0.25) is 0 Å². The molecule has 2 N–H and O–H groups in total. The quantitative estimate of drug-likeness (QED) is 0.166. The number of unbranched alkanes of at least 4 members (excludes halogenated alkanes) is 7. The van der Waals surface area contributed by atoms with E-state index < -0.39 is 15.0 Å². The van der Waals surface area contributed by atoms with Crippen LogP contribution in [-0.4, -0.2) is 28.2 Å². The highest BCUT2D eigenvalue weighted by Gasteiger charge is 2.91. The SMILES string of the molecule is CCCCCCCCOc1ccc(C2C3(C#N)C(N)=NC(SCCCC)(SCCCC)C23C#N)cc1. The molecular formula is C29H42N4OS2. The van der Waals surface area contributed by atoms with E-state index in [1.807, 2.05) is 24.3 Å². The number of fused-ring (bicyclic) bond motifs is 1. The van der Waals surface area contributed by atoms with Gasteiger partial charge in [0.05, 0.1) is 18.7 Å². The first-order valence-corrected chi connectivity index (χ1v) is 15.7. The monoisotopic (exact) mass is 526 g/mol. The molecule has 5 nitrogen and oxygen atoms in total. The van der Waals surface area contributed by atoms with Crippen molar-refractivity contribution in [2.45, 2.75) is 95.1 Å². The van der Waals surface area contributed by atoms with Crippen LogP contribution in [-0.2, 0) is 0 Å². The van der Waals surface area contributed by atoms with Gasteiger partial charge in [0, 0.05) is 5.92 Å². The van der Waals surface area contributed by atoms with Gasteiger partial charge in [-0.05, 0) is 48.5 Å². The fourth-order valence-electron chi connectivity index (χ4n) is 5.40. The Morgan fingerprint density at radius 1 is 0.861 bits per heavy atom. The van der Waals surface area contributed by atoms with Crippen LogP contribution < -0.4 is 10.5 Å². The predicted molar refractivity (Wildman–Crippen MR) is 153 cm³/mol. The van der Waals surface area contributed by atoms with Gasteiger partial charge < -0.3 is 10.5 Å². The Morgan fingerprint density at radius 2 is 1.44 bits per heavy atom. The molecule has 3 rings (SSSR count). The van der Waals surface area contributed by atoms with Gasteiger partial charge in [-0.25, -0.2) is 4.99 Å². The van der Waals surface area contributed by atoms with Crippen LogP contribution in [0, 0.1) is 33.5 Å². The Labute approximate surface area is 226 Å². The summed E-state index contributed by atoms with van der Waals surface area (Å²) in [7, 11) is 0. The topological polar surface area (TPSA) is 95.2 Å². The van der Waals surface area contributed by atoms with E-state index in [0.29, 0.717) is 12.4 Å². The molecule has 0 aromatic heterocycles. The van der Waals surface area contributed by atoms with Gasteiger partial charge in [0.1, 0.15) is 22.4 Å². The minimum absolute atomic E-state index is 0.284. The second-order valence-corrected chi connectivity index (χ2v) is 12.8. The fraction of sp³-hybridized carbons (Fsp3) is 0.690. The van der Waals surface area contributed by atoms with E-state index >= 15 is 0 Å². The molecule has 3 unspecified atom stereocenters. The number of amidine groups is 1. The van der Waals surface area contributed by atoms with Crippen molar-refractivity contribution in [2.24, 2.45) is 21.6 Å². The lowest BCUT2D eigenvalue weighted by molar-refractivity contribution is 0.304. The highest BCUT2D eigenvalue weighted by Crippen LogP contribution is 2.85. The van der Waals surface area contributed by atoms with E-state index in [9.17, 15) is 10.5 Å². The number of thioether (sulfide) groups is 2. The van der Waals surface area contributed by atoms with Crippen molar-refractivity contribution in [1.29, 1.82) is 10.5 Å². The third-order valence-electron chi connectivity index (χ3n) is 7.50. The molecule has 1 aromatic carbocycles. The normalized spacial score (nSPS) is 25.5. The van der Waals surface area contributed by atoms with E-state index in [2.05, 4.69) is 32.9 Å². The van der Waals surface area contributed by atoms with E-state index in [1.54, 1.807) is 23.5 Å². The molecule has 3 atom stereocenters. The summed E-state index contributed by atoms with van der Waals surface area (Å²) in [6.07, 6.45) is 11.6. The van der Waals surface area contributed by atoms with E-state index in [0.717, 1.165) is 54.9 Å². The second-order valence-electron chi connectivity index (χ2n) is 9.94. The molecule has 1 heterocycles. The van der Waals surface area contributed by atoms with Crippen LogP contribution >= 0.6 is 23.5 Å². The average Bonchev–Trinajstić information content (AvgIpc) is 3.47. The summed E-state index contributed by atoms with van der Waals surface area (Å²) in [5.74, 6) is 2.67. The molecule has 2 aliphatic rings. The Kier molecular flexibility index (Phi) is 10.5. The second kappa shape index (κ2) is 13.1. The van der Waals surface area contributed by atoms with Crippen LogP contribution in [0.4, 0.5) is 0 Å². The summed E-state index contributed by atoms with van der Waals surface area (Å²) in [6, 6.07) is 13.1. The highest BCUT2D eigenvalue weighted by atomic mass is 32.2. The third-order valence-corrected chi connectivity index (χ3v) is 10.8. The first-order valence-electron chi connectivity index (χ1n) is 13.7. The molecule has 1 fully saturated rings. The number of aliphatic imine (C=N–C) groups is 1. The van der Waals surface area contributed by atoms with E-state index in [4.69, 9.17) is 15.5 Å². The zero-order valence-electron chi connectivity index (χ0n) is 22.2. The summed E-state index contributed by atoms with van der Waals surface area (Å²) in [6.45, 7) is 7.28. The molecule has 0 spiro atoms. The third kappa shape index (κ3) is 5.11. The highest BCUT2D eigenvalue weighted by molar-refractivity contribution is 8.18. The van der Waals surface area contributed by atoms with Crippen molar-refractivity contribution in [3.05, 3.63) is 29.8 Å². The number of hydrogen-bond donors (Lipinski definition) is 1. The molecule has 0 amide bonds. The Balaban J connectivity index is 1.78. The standard InChI is InChI=1S/C29H42N4OS2/c1-4-7-10-11-12-13-18-34-24-16-14-23(15-17-24)25-27(21-30)26(32)33-29(28(25,27)22-31,35-19-8-5-2)36-20-9-6-3/h14-17,25H,4-13,18-20H2,1-3H3,(H2,32,33). The van der Waals surface area contributed by atoms with Crippen molar-refractivity contribution in [1.82, 2.24) is 0 Å². The maximum atomic E-state index is 10.7. The van der Waals surface area contributed by atoms with Gasteiger partial charge >= 0.3 is 0 Å². The lowest BCUT2D eigenvalue weighted by Crippen LogP contribution is -2.32. The molecule has 1 saturated carbocycles. The molecule has 1 aromatic rings. The van der Waals surface area contributed by atoms with E-state index in [1.165, 1.54) is 32.1 Å². The number of benzene rings is 1. The van der Waals surface area contributed by atoms with Gasteiger partial charge in [-0.15, -0.1) is 23.5 Å². The van der Waals surface area contributed by atoms with Crippen LogP contribution in [0.1, 0.15) is 96.5 Å². The lowest BCUT2D eigenvalue weighted by atomic mass is 9.97. The fourth-order valence-corrected chi connectivity index (χ4v) is 9.08. The van der Waals surface area contributed by atoms with E-state index in [-0.39, 0.29) is 5.92 Å². The number of ether oxygens (including phenoxy) is 1. The zero-order valence-corrected chi connectivity index (χ0v) is 23.9. The Morgan fingerprint density at radius 3 is 2.00 bits per heavy atom. The average molecular weight is 527 g/mol. The molecule has 1 aliphatic heterocycles. The van der Waals surface area contributed by atoms with Gasteiger partial charge in [0.25, 0.3) is 0 Å². The Bertz CT molecular complexity index is 957. The van der Waals surface area contributed by atoms with Crippen LogP contribution in [0.15, 0.2) is 29.3 Å². The first-order chi connectivity index (χ1) is 17.5. The van der Waals surface area contributed by atoms with Crippen LogP contribution in [0.2, 0.25) is 0 Å². The van der Waals surface area contributed by atoms with Crippen molar-refractivity contribution >= 4 is 29.4 Å². The summed E-state index contributed by atoms with van der Waals surface area (Å²) < 4.78 is 5.22. The van der Waals surface area contributed by atoms with Crippen LogP contribution in [0.3, 0.4) is 0 Å². The lowest BCUT2D eigenvalue weighted by Gasteiger charge is -2.32. The number of nitrogens with zero attached hydrogens (tertiary/aromatic N) is 3. The number of hydrogen-bond acceptors (Lipinski definition) is 7. The molecule has 0 saturated heterocycles. The van der Waals surface area contributed by atoms with Gasteiger partial charge in [-0.3, -0.25) is 0 Å².